The van der Waals surface area contributed by atoms with E-state index < -0.39 is 48.2 Å². The summed E-state index contributed by atoms with van der Waals surface area (Å²) in [5.41, 5.74) is 5.04. The third kappa shape index (κ3) is 10.1. The summed E-state index contributed by atoms with van der Waals surface area (Å²) in [6, 6.07) is 20.8. The Bertz CT molecular complexity index is 2120. The van der Waals surface area contributed by atoms with E-state index in [2.05, 4.69) is 31.2 Å². The van der Waals surface area contributed by atoms with Crippen LogP contribution in [0.2, 0.25) is 0 Å². The number of nitrogens with one attached hydrogen (secondary N) is 5. The van der Waals surface area contributed by atoms with Crippen LogP contribution in [0.25, 0.3) is 22.4 Å². The minimum atomic E-state index is -1.06. The van der Waals surface area contributed by atoms with Gasteiger partial charge in [0.2, 0.25) is 5.91 Å². The molecule has 2 fully saturated rings. The molecule has 2 aliphatic rings. The van der Waals surface area contributed by atoms with Gasteiger partial charge in [0.15, 0.2) is 0 Å². The molecular weight excluding hydrogens is 757 g/mol. The molecule has 0 aliphatic carbocycles. The van der Waals surface area contributed by atoms with Crippen LogP contribution in [0, 0.1) is 5.92 Å². The number of urea groups is 1. The number of ether oxygens (including phenoxy) is 2. The first-order valence-corrected chi connectivity index (χ1v) is 19.7. The average Bonchev–Trinajstić information content (AvgIpc) is 4.06. The summed E-state index contributed by atoms with van der Waals surface area (Å²) < 4.78 is 9.46. The number of H-pyrrole nitrogens is 1. The van der Waals surface area contributed by atoms with Gasteiger partial charge in [-0.3, -0.25) is 19.7 Å². The molecule has 6 rings (SSSR count). The molecule has 2 saturated heterocycles. The zero-order valence-corrected chi connectivity index (χ0v) is 33.5. The first-order valence-electron chi connectivity index (χ1n) is 19.7. The molecule has 16 nitrogen and oxygen atoms in total. The lowest BCUT2D eigenvalue weighted by atomic mass is 10.0. The number of alkyl carbamates (subject to hydrolysis) is 2. The van der Waals surface area contributed by atoms with E-state index in [-0.39, 0.29) is 24.4 Å². The van der Waals surface area contributed by atoms with Gasteiger partial charge in [-0.05, 0) is 59.4 Å². The van der Waals surface area contributed by atoms with Crippen LogP contribution in [0.5, 0.6) is 0 Å². The van der Waals surface area contributed by atoms with Gasteiger partial charge in [-0.1, -0.05) is 92.7 Å². The van der Waals surface area contributed by atoms with Crippen molar-refractivity contribution in [2.75, 3.05) is 27.3 Å². The second-order valence-corrected chi connectivity index (χ2v) is 14.8. The van der Waals surface area contributed by atoms with Gasteiger partial charge in [0.1, 0.15) is 23.9 Å². The third-order valence-corrected chi connectivity index (χ3v) is 10.7. The number of hydrogen-bond acceptors (Lipinski definition) is 9. The van der Waals surface area contributed by atoms with Crippen molar-refractivity contribution in [3.05, 3.63) is 102 Å². The van der Waals surface area contributed by atoms with Crippen molar-refractivity contribution in [3.8, 4) is 22.4 Å². The van der Waals surface area contributed by atoms with Crippen molar-refractivity contribution in [1.29, 1.82) is 0 Å². The number of aromatic amines is 1. The molecule has 0 radical (unpaired) electrons. The normalized spacial score (nSPS) is 17.2. The first kappa shape index (κ1) is 41.9. The van der Waals surface area contributed by atoms with Gasteiger partial charge in [0.05, 0.1) is 32.2 Å². The Hall–Kier alpha value is -6.71. The molecule has 1 aromatic heterocycles. The van der Waals surface area contributed by atoms with Crippen molar-refractivity contribution in [3.63, 3.8) is 0 Å². The van der Waals surface area contributed by atoms with E-state index in [0.717, 1.165) is 40.8 Å². The van der Waals surface area contributed by atoms with Crippen LogP contribution in [0.4, 0.5) is 14.4 Å². The van der Waals surface area contributed by atoms with Gasteiger partial charge >= 0.3 is 18.2 Å². The first-order chi connectivity index (χ1) is 28.5. The highest BCUT2D eigenvalue weighted by Gasteiger charge is 2.40. The highest BCUT2D eigenvalue weighted by Crippen LogP contribution is 2.33. The quantitative estimate of drug-likeness (QED) is 0.127. The second kappa shape index (κ2) is 19.2. The van der Waals surface area contributed by atoms with Crippen LogP contribution in [0.3, 0.4) is 0 Å². The fourth-order valence-corrected chi connectivity index (χ4v) is 7.50. The summed E-state index contributed by atoms with van der Waals surface area (Å²) in [4.78, 5) is 88.3. The molecule has 59 heavy (non-hydrogen) atoms. The van der Waals surface area contributed by atoms with E-state index in [1.54, 1.807) is 41.4 Å². The van der Waals surface area contributed by atoms with Gasteiger partial charge in [-0.2, -0.15) is 0 Å². The van der Waals surface area contributed by atoms with Crippen LogP contribution in [-0.2, 0) is 30.4 Å². The fourth-order valence-electron chi connectivity index (χ4n) is 7.50. The number of hydrogen-bond donors (Lipinski definition) is 5. The van der Waals surface area contributed by atoms with Gasteiger partial charge in [-0.15, -0.1) is 0 Å². The molecule has 3 aromatic carbocycles. The van der Waals surface area contributed by atoms with E-state index in [0.29, 0.717) is 37.3 Å². The van der Waals surface area contributed by atoms with Crippen molar-refractivity contribution in [2.24, 2.45) is 5.92 Å². The predicted molar refractivity (Wildman–Crippen MR) is 217 cm³/mol. The number of nitrogens with zero attached hydrogens (tertiary/aromatic N) is 3. The minimum Gasteiger partial charge on any atom is -0.453 e. The SMILES string of the molecule is COC(=O)NC(C(=O)N1CCCC1C(=O)NC(=O)NCc1ccc(-c2ccc(-c3cnc(C4CCCN4C(=O)[C@@H](NC(=O)OC)C(C)C)[nH]3)cc2)cc1)c1ccccc1. The number of carbonyl (C=O) groups excluding carboxylic acids is 6. The summed E-state index contributed by atoms with van der Waals surface area (Å²) in [5.74, 6) is -0.681. The summed E-state index contributed by atoms with van der Waals surface area (Å²) in [6.07, 6.45) is 2.85. The van der Waals surface area contributed by atoms with Crippen LogP contribution in [0.1, 0.15) is 68.6 Å². The van der Waals surface area contributed by atoms with E-state index in [1.807, 2.05) is 62.4 Å². The van der Waals surface area contributed by atoms with Crippen molar-refractivity contribution in [2.45, 2.75) is 70.2 Å². The van der Waals surface area contributed by atoms with Crippen LogP contribution in [0.15, 0.2) is 85.1 Å². The van der Waals surface area contributed by atoms with Crippen molar-refractivity contribution >= 4 is 35.9 Å². The Morgan fingerprint density at radius 2 is 1.37 bits per heavy atom. The zero-order valence-electron chi connectivity index (χ0n) is 33.5. The Morgan fingerprint density at radius 3 is 2.03 bits per heavy atom. The smallest absolute Gasteiger partial charge is 0.407 e. The Kier molecular flexibility index (Phi) is 13.6. The number of aromatic nitrogens is 2. The maximum atomic E-state index is 13.6. The number of rotatable bonds is 12. The number of imide groups is 1. The topological polar surface area (TPSA) is 204 Å². The fraction of sp³-hybridized carbons (Fsp3) is 0.372. The summed E-state index contributed by atoms with van der Waals surface area (Å²) in [7, 11) is 2.48. The van der Waals surface area contributed by atoms with E-state index in [4.69, 9.17) is 9.47 Å². The monoisotopic (exact) mass is 806 g/mol. The molecule has 2 aliphatic heterocycles. The number of methoxy groups -OCH3 is 2. The zero-order chi connectivity index (χ0) is 42.1. The number of amides is 7. The molecule has 0 saturated carbocycles. The average molecular weight is 807 g/mol. The van der Waals surface area contributed by atoms with Gasteiger partial charge < -0.3 is 40.2 Å². The summed E-state index contributed by atoms with van der Waals surface area (Å²) >= 11 is 0. The molecule has 7 amide bonds. The molecule has 0 bridgehead atoms. The van der Waals surface area contributed by atoms with E-state index in [9.17, 15) is 28.8 Å². The standard InChI is InChI=1S/C43H50N8O8/c1-26(2)35(47-42(56)58-3)39(53)50-22-8-12-33(50)37-44-25-32(46-37)30-20-18-29(19-21-30)28-16-14-27(15-17-28)24-45-41(55)49-38(52)34-13-9-23-51(34)40(54)36(48-43(57)59-4)31-10-6-5-7-11-31/h5-7,10-11,14-21,25-26,33-36H,8-9,12-13,22-24H2,1-4H3,(H,44,46)(H,47,56)(H,48,57)(H2,45,49,52,55)/t33?,34?,35-,36?/m0/s1. The molecule has 16 heteroatoms. The highest BCUT2D eigenvalue weighted by atomic mass is 16.5. The Morgan fingerprint density at radius 1 is 0.763 bits per heavy atom. The maximum Gasteiger partial charge on any atom is 0.407 e. The maximum absolute atomic E-state index is 13.6. The van der Waals surface area contributed by atoms with Gasteiger partial charge in [-0.25, -0.2) is 19.4 Å². The molecule has 0 spiro atoms. The molecule has 4 atom stereocenters. The van der Waals surface area contributed by atoms with Gasteiger partial charge in [0, 0.05) is 19.6 Å². The lowest BCUT2D eigenvalue weighted by Gasteiger charge is -2.30. The molecule has 310 valence electrons. The minimum absolute atomic E-state index is 0.125. The van der Waals surface area contributed by atoms with Gasteiger partial charge in [0.25, 0.3) is 11.8 Å². The highest BCUT2D eigenvalue weighted by molar-refractivity contribution is 5.99. The molecule has 5 N–H and O–H groups in total. The van der Waals surface area contributed by atoms with E-state index >= 15 is 0 Å². The van der Waals surface area contributed by atoms with Crippen LogP contribution in [-0.4, -0.2) is 95.1 Å². The molecule has 3 unspecified atom stereocenters. The molecule has 4 aromatic rings. The van der Waals surface area contributed by atoms with Crippen LogP contribution < -0.4 is 21.3 Å². The summed E-state index contributed by atoms with van der Waals surface area (Å²) in [5, 5.41) is 10.3. The van der Waals surface area contributed by atoms with Crippen LogP contribution >= 0.6 is 0 Å². The number of carbonyl (C=O) groups is 6. The largest absolute Gasteiger partial charge is 0.453 e. The Balaban J connectivity index is 1.01. The van der Waals surface area contributed by atoms with Crippen molar-refractivity contribution in [1.82, 2.24) is 41.0 Å². The second-order valence-electron chi connectivity index (χ2n) is 14.8. The summed E-state index contributed by atoms with van der Waals surface area (Å²) in [6.45, 7) is 4.79. The number of likely N-dealkylation sites (tertiary alicyclic amines) is 2. The van der Waals surface area contributed by atoms with E-state index in [1.165, 1.54) is 19.1 Å². The lowest BCUT2D eigenvalue weighted by molar-refractivity contribution is -0.139. The van der Waals surface area contributed by atoms with Crippen molar-refractivity contribution < 1.29 is 38.2 Å². The Labute approximate surface area is 342 Å². The molecular formula is C43H50N8O8. The third-order valence-electron chi connectivity index (χ3n) is 10.7. The lowest BCUT2D eigenvalue weighted by Crippen LogP contribution is -2.52. The predicted octanol–water partition coefficient (Wildman–Crippen LogP) is 5.20. The molecule has 3 heterocycles. The number of imidazole rings is 1. The number of benzene rings is 3.